The van der Waals surface area contributed by atoms with Gasteiger partial charge in [-0.3, -0.25) is 0 Å². The van der Waals surface area contributed by atoms with Gasteiger partial charge in [0, 0.05) is 22.4 Å². The summed E-state index contributed by atoms with van der Waals surface area (Å²) in [7, 11) is 0. The lowest BCUT2D eigenvalue weighted by molar-refractivity contribution is 0.814. The number of aromatic nitrogens is 2. The Balaban J connectivity index is 2.27. The van der Waals surface area contributed by atoms with Gasteiger partial charge in [-0.1, -0.05) is 18.5 Å². The van der Waals surface area contributed by atoms with Crippen LogP contribution >= 0.6 is 35.1 Å². The molecule has 1 aliphatic heterocycles. The molecule has 0 amide bonds. The van der Waals surface area contributed by atoms with Gasteiger partial charge in [0.2, 0.25) is 0 Å². The molecule has 5 heteroatoms. The van der Waals surface area contributed by atoms with Crippen LogP contribution in [0.2, 0.25) is 5.15 Å². The van der Waals surface area contributed by atoms with E-state index in [2.05, 4.69) is 16.9 Å². The molecule has 2 nitrogen and oxygen atoms in total. The van der Waals surface area contributed by atoms with Crippen molar-refractivity contribution in [2.45, 2.75) is 24.3 Å². The van der Waals surface area contributed by atoms with Crippen molar-refractivity contribution in [2.24, 2.45) is 0 Å². The van der Waals surface area contributed by atoms with E-state index in [1.807, 2.05) is 30.4 Å². The third-order valence-electron chi connectivity index (χ3n) is 2.28. The maximum absolute atomic E-state index is 5.95. The molecule has 1 aromatic rings. The van der Waals surface area contributed by atoms with Crippen molar-refractivity contribution in [1.29, 1.82) is 0 Å². The largest absolute Gasteiger partial charge is 0.237 e. The van der Waals surface area contributed by atoms with Crippen molar-refractivity contribution in [3.8, 4) is 0 Å². The summed E-state index contributed by atoms with van der Waals surface area (Å²) in [5.74, 6) is 3.29. The van der Waals surface area contributed by atoms with Gasteiger partial charge in [-0.2, -0.15) is 11.8 Å². The number of halogens is 1. The van der Waals surface area contributed by atoms with Crippen LogP contribution in [0.1, 0.15) is 23.7 Å². The van der Waals surface area contributed by atoms with Crippen LogP contribution in [0, 0.1) is 6.92 Å². The molecule has 2 heterocycles. The Kier molecular flexibility index (Phi) is 3.80. The fourth-order valence-electron chi connectivity index (χ4n) is 1.60. The van der Waals surface area contributed by atoms with Gasteiger partial charge in [0.1, 0.15) is 11.0 Å². The summed E-state index contributed by atoms with van der Waals surface area (Å²) < 4.78 is 0. The van der Waals surface area contributed by atoms with E-state index in [0.717, 1.165) is 11.5 Å². The van der Waals surface area contributed by atoms with E-state index in [-0.39, 0.29) is 0 Å². The third-order valence-corrected chi connectivity index (χ3v) is 5.56. The van der Waals surface area contributed by atoms with Crippen molar-refractivity contribution in [2.75, 3.05) is 11.5 Å². The highest BCUT2D eigenvalue weighted by Gasteiger charge is 2.26. The number of nitrogens with zero attached hydrogens (tertiary/aromatic N) is 2. The number of hydrogen-bond donors (Lipinski definition) is 0. The van der Waals surface area contributed by atoms with Crippen LogP contribution in [-0.4, -0.2) is 26.7 Å². The molecule has 0 N–H and O–H groups in total. The van der Waals surface area contributed by atoms with Gasteiger partial charge in [-0.05, 0) is 13.0 Å². The van der Waals surface area contributed by atoms with Crippen molar-refractivity contribution in [3.05, 3.63) is 22.7 Å². The van der Waals surface area contributed by atoms with Crippen LogP contribution in [0.4, 0.5) is 0 Å². The van der Waals surface area contributed by atoms with E-state index < -0.39 is 0 Å². The molecule has 1 aromatic heterocycles. The van der Waals surface area contributed by atoms with E-state index in [1.165, 1.54) is 11.5 Å². The quantitative estimate of drug-likeness (QED) is 0.724. The molecule has 2 rings (SSSR count). The van der Waals surface area contributed by atoms with Gasteiger partial charge < -0.3 is 0 Å². The lowest BCUT2D eigenvalue weighted by atomic mass is 10.3. The van der Waals surface area contributed by atoms with Crippen LogP contribution < -0.4 is 0 Å². The molecule has 82 valence electrons. The highest BCUT2D eigenvalue weighted by molar-refractivity contribution is 8.06. The topological polar surface area (TPSA) is 25.8 Å². The summed E-state index contributed by atoms with van der Waals surface area (Å²) in [6.45, 7) is 4.20. The number of aryl methyl sites for hydroxylation is 1. The number of hydrogen-bond acceptors (Lipinski definition) is 4. The second-order valence-corrected chi connectivity index (χ2v) is 6.68. The van der Waals surface area contributed by atoms with Crippen molar-refractivity contribution in [1.82, 2.24) is 9.97 Å². The molecular weight excluding hydrogens is 248 g/mol. The van der Waals surface area contributed by atoms with Crippen molar-refractivity contribution < 1.29 is 0 Å². The minimum Gasteiger partial charge on any atom is -0.237 e. The molecule has 0 bridgehead atoms. The number of thioether (sulfide) groups is 2. The first-order valence-corrected chi connectivity index (χ1v) is 7.38. The highest BCUT2D eigenvalue weighted by Crippen LogP contribution is 2.41. The Hall–Kier alpha value is 0.0700. The molecule has 0 aliphatic carbocycles. The average molecular weight is 261 g/mol. The molecule has 0 spiro atoms. The smallest absolute Gasteiger partial charge is 0.144 e. The van der Waals surface area contributed by atoms with Crippen LogP contribution in [0.3, 0.4) is 0 Å². The van der Waals surface area contributed by atoms with Gasteiger partial charge >= 0.3 is 0 Å². The van der Waals surface area contributed by atoms with Gasteiger partial charge in [0.15, 0.2) is 0 Å². The Morgan fingerprint density at radius 3 is 2.73 bits per heavy atom. The summed E-state index contributed by atoms with van der Waals surface area (Å²) in [6.07, 6.45) is 0. The normalized spacial score (nSPS) is 26.6. The zero-order chi connectivity index (χ0) is 10.8. The van der Waals surface area contributed by atoms with Gasteiger partial charge in [-0.25, -0.2) is 9.97 Å². The molecule has 0 aromatic carbocycles. The average Bonchev–Trinajstić information content (AvgIpc) is 2.16. The van der Waals surface area contributed by atoms with Crippen molar-refractivity contribution >= 4 is 35.1 Å². The third kappa shape index (κ3) is 2.80. The molecular formula is C10H13ClN2S2. The summed E-state index contributed by atoms with van der Waals surface area (Å²) in [5.41, 5.74) is 0.952. The van der Waals surface area contributed by atoms with Crippen LogP contribution in [0.25, 0.3) is 0 Å². The molecule has 0 saturated carbocycles. The second-order valence-electron chi connectivity index (χ2n) is 3.56. The fourth-order valence-corrected chi connectivity index (χ4v) is 4.53. The van der Waals surface area contributed by atoms with Crippen LogP contribution in [0.5, 0.6) is 0 Å². The minimum atomic E-state index is 0.390. The zero-order valence-electron chi connectivity index (χ0n) is 8.74. The van der Waals surface area contributed by atoms with E-state index in [1.54, 1.807) is 6.07 Å². The molecule has 1 aliphatic rings. The summed E-state index contributed by atoms with van der Waals surface area (Å²) in [6, 6.07) is 1.80. The van der Waals surface area contributed by atoms with Gasteiger partial charge in [-0.15, -0.1) is 11.8 Å². The first-order chi connectivity index (χ1) is 7.16. The predicted molar refractivity (Wildman–Crippen MR) is 68.9 cm³/mol. The Morgan fingerprint density at radius 1 is 1.33 bits per heavy atom. The number of rotatable bonds is 1. The molecule has 2 unspecified atom stereocenters. The standard InChI is InChI=1S/C10H13ClN2S2/c1-6-5-8(11)13-10(12-6)9-7(2)14-3-4-15-9/h5,7,9H,3-4H2,1-2H3. The maximum Gasteiger partial charge on any atom is 0.144 e. The summed E-state index contributed by atoms with van der Waals surface area (Å²) in [4.78, 5) is 8.81. The minimum absolute atomic E-state index is 0.390. The van der Waals surface area contributed by atoms with Gasteiger partial charge in [0.25, 0.3) is 0 Å². The molecule has 2 atom stereocenters. The lowest BCUT2D eigenvalue weighted by Gasteiger charge is -2.26. The van der Waals surface area contributed by atoms with E-state index in [0.29, 0.717) is 15.7 Å². The van der Waals surface area contributed by atoms with E-state index in [9.17, 15) is 0 Å². The van der Waals surface area contributed by atoms with Crippen LogP contribution in [0.15, 0.2) is 6.07 Å². The van der Waals surface area contributed by atoms with E-state index >= 15 is 0 Å². The monoisotopic (exact) mass is 260 g/mol. The Morgan fingerprint density at radius 2 is 2.07 bits per heavy atom. The Bertz CT molecular complexity index is 339. The van der Waals surface area contributed by atoms with Gasteiger partial charge in [0.05, 0.1) is 5.25 Å². The zero-order valence-corrected chi connectivity index (χ0v) is 11.1. The molecule has 1 fully saturated rings. The summed E-state index contributed by atoms with van der Waals surface area (Å²) in [5, 5.41) is 1.52. The first kappa shape index (κ1) is 11.6. The molecule has 1 saturated heterocycles. The highest BCUT2D eigenvalue weighted by atomic mass is 35.5. The fraction of sp³-hybridized carbons (Fsp3) is 0.600. The second kappa shape index (κ2) is 4.93. The molecule has 15 heavy (non-hydrogen) atoms. The first-order valence-electron chi connectivity index (χ1n) is 4.91. The maximum atomic E-state index is 5.95. The summed E-state index contributed by atoms with van der Waals surface area (Å²) >= 11 is 9.88. The van der Waals surface area contributed by atoms with E-state index in [4.69, 9.17) is 11.6 Å². The molecule has 0 radical (unpaired) electrons. The Labute approximate surface area is 104 Å². The van der Waals surface area contributed by atoms with Crippen LogP contribution in [-0.2, 0) is 0 Å². The predicted octanol–water partition coefficient (Wildman–Crippen LogP) is 3.35. The SMILES string of the molecule is Cc1cc(Cl)nc(C2SCCSC2C)n1. The van der Waals surface area contributed by atoms with Crippen molar-refractivity contribution in [3.63, 3.8) is 0 Å². The lowest BCUT2D eigenvalue weighted by Crippen LogP contribution is -2.18.